The van der Waals surface area contributed by atoms with Crippen LogP contribution in [0.15, 0.2) is 34.9 Å². The first-order chi connectivity index (χ1) is 11.9. The van der Waals surface area contributed by atoms with Gasteiger partial charge in [0.25, 0.3) is 5.91 Å². The number of halogens is 1. The summed E-state index contributed by atoms with van der Waals surface area (Å²) in [5.74, 6) is -0.310. The molecule has 0 aliphatic carbocycles. The van der Waals surface area contributed by atoms with E-state index < -0.39 is 6.04 Å². The van der Waals surface area contributed by atoms with Gasteiger partial charge in [-0.1, -0.05) is 19.0 Å². The van der Waals surface area contributed by atoms with Crippen LogP contribution >= 0.6 is 0 Å². The lowest BCUT2D eigenvalue weighted by Crippen LogP contribution is -2.61. The molecule has 3 rings (SSSR count). The molecule has 132 valence electrons. The van der Waals surface area contributed by atoms with Crippen LogP contribution in [0.4, 0.5) is 4.39 Å². The molecule has 7 heteroatoms. The average molecular weight is 345 g/mol. The van der Waals surface area contributed by atoms with Crippen molar-refractivity contribution < 1.29 is 18.5 Å². The first kappa shape index (κ1) is 17.1. The molecule has 1 aliphatic heterocycles. The number of aromatic nitrogens is 1. The van der Waals surface area contributed by atoms with Gasteiger partial charge in [0.2, 0.25) is 5.91 Å². The molecule has 2 atom stereocenters. The molecule has 2 heterocycles. The Morgan fingerprint density at radius 3 is 2.68 bits per heavy atom. The standard InChI is InChI=1S/C18H20FN3O3/c1-10(2)15-9-22(11(3)17(23)20-15)18(24)14-8-16(25-21-14)12-4-6-13(19)7-5-12/h4-8,10-11,15H,9H2,1-3H3,(H,20,23). The summed E-state index contributed by atoms with van der Waals surface area (Å²) in [5, 5.41) is 6.75. The molecular formula is C18H20FN3O3. The second-order valence-electron chi connectivity index (χ2n) is 6.58. The van der Waals surface area contributed by atoms with Gasteiger partial charge in [-0.3, -0.25) is 9.59 Å². The van der Waals surface area contributed by atoms with Crippen molar-refractivity contribution in [3.8, 4) is 11.3 Å². The molecule has 0 bridgehead atoms. The maximum absolute atomic E-state index is 13.0. The van der Waals surface area contributed by atoms with Crippen molar-refractivity contribution in [3.63, 3.8) is 0 Å². The van der Waals surface area contributed by atoms with Crippen molar-refractivity contribution in [2.45, 2.75) is 32.9 Å². The third-order valence-corrected chi connectivity index (χ3v) is 4.49. The fourth-order valence-corrected chi connectivity index (χ4v) is 2.77. The number of carbonyl (C=O) groups is 2. The number of amides is 2. The van der Waals surface area contributed by atoms with E-state index in [1.807, 2.05) is 13.8 Å². The summed E-state index contributed by atoms with van der Waals surface area (Å²) < 4.78 is 18.2. The van der Waals surface area contributed by atoms with E-state index in [1.165, 1.54) is 23.1 Å². The van der Waals surface area contributed by atoms with E-state index >= 15 is 0 Å². The Labute approximate surface area is 145 Å². The number of hydrogen-bond acceptors (Lipinski definition) is 4. The lowest BCUT2D eigenvalue weighted by atomic mass is 9.99. The maximum atomic E-state index is 13.0. The van der Waals surface area contributed by atoms with Gasteiger partial charge in [-0.25, -0.2) is 4.39 Å². The minimum Gasteiger partial charge on any atom is -0.355 e. The van der Waals surface area contributed by atoms with Gasteiger partial charge in [-0.2, -0.15) is 0 Å². The summed E-state index contributed by atoms with van der Waals surface area (Å²) in [6, 6.07) is 6.56. The number of rotatable bonds is 3. The Morgan fingerprint density at radius 2 is 2.04 bits per heavy atom. The molecule has 2 aromatic rings. The zero-order valence-corrected chi connectivity index (χ0v) is 14.3. The van der Waals surface area contributed by atoms with E-state index in [1.54, 1.807) is 19.1 Å². The number of nitrogens with zero attached hydrogens (tertiary/aromatic N) is 2. The second kappa shape index (κ2) is 6.66. The Hall–Kier alpha value is -2.70. The van der Waals surface area contributed by atoms with Gasteiger partial charge >= 0.3 is 0 Å². The van der Waals surface area contributed by atoms with E-state index in [-0.39, 0.29) is 35.3 Å². The summed E-state index contributed by atoms with van der Waals surface area (Å²) in [4.78, 5) is 26.4. The van der Waals surface area contributed by atoms with E-state index in [0.29, 0.717) is 17.9 Å². The highest BCUT2D eigenvalue weighted by Crippen LogP contribution is 2.23. The molecular weight excluding hydrogens is 325 g/mol. The highest BCUT2D eigenvalue weighted by atomic mass is 19.1. The van der Waals surface area contributed by atoms with Crippen LogP contribution in [0.5, 0.6) is 0 Å². The second-order valence-corrected chi connectivity index (χ2v) is 6.58. The maximum Gasteiger partial charge on any atom is 0.276 e. The van der Waals surface area contributed by atoms with E-state index in [9.17, 15) is 14.0 Å². The van der Waals surface area contributed by atoms with Crippen molar-refractivity contribution in [1.29, 1.82) is 0 Å². The molecule has 0 spiro atoms. The van der Waals surface area contributed by atoms with Crippen molar-refractivity contribution in [1.82, 2.24) is 15.4 Å². The van der Waals surface area contributed by atoms with E-state index in [2.05, 4.69) is 10.5 Å². The summed E-state index contributed by atoms with van der Waals surface area (Å²) in [5.41, 5.74) is 0.751. The molecule has 1 N–H and O–H groups in total. The first-order valence-corrected chi connectivity index (χ1v) is 8.21. The molecule has 0 radical (unpaired) electrons. The zero-order valence-electron chi connectivity index (χ0n) is 14.3. The number of piperazine rings is 1. The minimum atomic E-state index is -0.575. The van der Waals surface area contributed by atoms with E-state index in [0.717, 1.165) is 0 Å². The predicted molar refractivity (Wildman–Crippen MR) is 89.2 cm³/mol. The molecule has 1 aliphatic rings. The lowest BCUT2D eigenvalue weighted by Gasteiger charge is -2.39. The van der Waals surface area contributed by atoms with Crippen molar-refractivity contribution in [3.05, 3.63) is 41.8 Å². The topological polar surface area (TPSA) is 75.4 Å². The van der Waals surface area contributed by atoms with E-state index in [4.69, 9.17) is 4.52 Å². The average Bonchev–Trinajstić information content (AvgIpc) is 3.07. The number of hydrogen-bond donors (Lipinski definition) is 1. The fourth-order valence-electron chi connectivity index (χ4n) is 2.77. The zero-order chi connectivity index (χ0) is 18.1. The normalized spacial score (nSPS) is 20.7. The quantitative estimate of drug-likeness (QED) is 0.927. The van der Waals surface area contributed by atoms with Gasteiger partial charge in [0, 0.05) is 24.2 Å². The van der Waals surface area contributed by atoms with Gasteiger partial charge in [0.15, 0.2) is 11.5 Å². The van der Waals surface area contributed by atoms with Crippen LogP contribution in [0, 0.1) is 11.7 Å². The molecule has 1 aromatic carbocycles. The molecule has 2 amide bonds. The molecule has 25 heavy (non-hydrogen) atoms. The Kier molecular flexibility index (Phi) is 4.57. The Bertz CT molecular complexity index is 785. The van der Waals surface area contributed by atoms with Crippen molar-refractivity contribution in [2.24, 2.45) is 5.92 Å². The smallest absolute Gasteiger partial charge is 0.276 e. The molecule has 1 fully saturated rings. The highest BCUT2D eigenvalue weighted by Gasteiger charge is 2.36. The molecule has 6 nitrogen and oxygen atoms in total. The fraction of sp³-hybridized carbons (Fsp3) is 0.389. The molecule has 2 unspecified atom stereocenters. The van der Waals surface area contributed by atoms with Crippen LogP contribution in [0.3, 0.4) is 0 Å². The van der Waals surface area contributed by atoms with Gasteiger partial charge in [0.1, 0.15) is 11.9 Å². The summed E-state index contributed by atoms with van der Waals surface area (Å²) in [6.07, 6.45) is 0. The van der Waals surface area contributed by atoms with Gasteiger partial charge in [-0.15, -0.1) is 0 Å². The van der Waals surface area contributed by atoms with Crippen LogP contribution in [-0.4, -0.2) is 40.5 Å². The van der Waals surface area contributed by atoms with Crippen LogP contribution in [0.1, 0.15) is 31.3 Å². The van der Waals surface area contributed by atoms with Crippen molar-refractivity contribution in [2.75, 3.05) is 6.54 Å². The third kappa shape index (κ3) is 3.40. The lowest BCUT2D eigenvalue weighted by molar-refractivity contribution is -0.129. The van der Waals surface area contributed by atoms with Gasteiger partial charge in [-0.05, 0) is 37.1 Å². The van der Waals surface area contributed by atoms with Crippen LogP contribution in [0.2, 0.25) is 0 Å². The molecule has 1 aromatic heterocycles. The summed E-state index contributed by atoms with van der Waals surface area (Å²) in [6.45, 7) is 6.09. The Balaban J connectivity index is 1.82. The van der Waals surface area contributed by atoms with Gasteiger partial charge in [0.05, 0.1) is 0 Å². The van der Waals surface area contributed by atoms with Crippen LogP contribution < -0.4 is 5.32 Å². The van der Waals surface area contributed by atoms with Gasteiger partial charge < -0.3 is 14.7 Å². The van der Waals surface area contributed by atoms with Crippen LogP contribution in [-0.2, 0) is 4.79 Å². The first-order valence-electron chi connectivity index (χ1n) is 8.21. The summed E-state index contributed by atoms with van der Waals surface area (Å²) in [7, 11) is 0. The molecule has 1 saturated heterocycles. The SMILES string of the molecule is CC(C)C1CN(C(=O)c2cc(-c3ccc(F)cc3)on2)C(C)C(=O)N1. The third-order valence-electron chi connectivity index (χ3n) is 4.49. The molecule has 0 saturated carbocycles. The Morgan fingerprint density at radius 1 is 1.36 bits per heavy atom. The van der Waals surface area contributed by atoms with Crippen LogP contribution in [0.25, 0.3) is 11.3 Å². The largest absolute Gasteiger partial charge is 0.355 e. The number of benzene rings is 1. The highest BCUT2D eigenvalue weighted by molar-refractivity contribution is 5.97. The predicted octanol–water partition coefficient (Wildman–Crippen LogP) is 2.47. The number of carbonyl (C=O) groups excluding carboxylic acids is 2. The number of nitrogens with one attached hydrogen (secondary N) is 1. The van der Waals surface area contributed by atoms with Crippen molar-refractivity contribution >= 4 is 11.8 Å². The minimum absolute atomic E-state index is 0.101. The summed E-state index contributed by atoms with van der Waals surface area (Å²) >= 11 is 0. The monoisotopic (exact) mass is 345 g/mol.